The van der Waals surface area contributed by atoms with Crippen molar-refractivity contribution in [1.82, 2.24) is 10.2 Å². The number of anilines is 1. The van der Waals surface area contributed by atoms with E-state index in [9.17, 15) is 9.59 Å². The molecule has 1 aromatic heterocycles. The monoisotopic (exact) mass is 259 g/mol. The van der Waals surface area contributed by atoms with E-state index < -0.39 is 11.2 Å². The lowest BCUT2D eigenvalue weighted by molar-refractivity contribution is -0.136. The number of nitrogens with one attached hydrogen (secondary N) is 1. The molecule has 94 valence electrons. The molecule has 2 N–H and O–H groups in total. The Labute approximate surface area is 102 Å². The van der Waals surface area contributed by atoms with Gasteiger partial charge in [-0.2, -0.15) is 0 Å². The van der Waals surface area contributed by atoms with Gasteiger partial charge in [-0.15, -0.1) is 16.9 Å². The first-order valence-corrected chi connectivity index (χ1v) is 6.02. The van der Waals surface area contributed by atoms with E-state index in [0.29, 0.717) is 12.3 Å². The molecule has 0 saturated carbocycles. The van der Waals surface area contributed by atoms with Gasteiger partial charge in [-0.1, -0.05) is 12.0 Å². The molecule has 1 aromatic rings. The number of hydrogen-bond acceptors (Lipinski definition) is 6. The molecule has 7 nitrogen and oxygen atoms in total. The topological polar surface area (TPSA) is 105 Å². The summed E-state index contributed by atoms with van der Waals surface area (Å²) < 4.78 is 4.95. The van der Waals surface area contributed by atoms with Crippen molar-refractivity contribution in [2.45, 2.75) is 25.5 Å². The summed E-state index contributed by atoms with van der Waals surface area (Å²) in [7, 11) is 0. The minimum Gasteiger partial charge on any atom is -0.480 e. The highest BCUT2D eigenvalue weighted by atomic mass is 32.2. The van der Waals surface area contributed by atoms with Crippen molar-refractivity contribution in [2.24, 2.45) is 0 Å². The van der Waals surface area contributed by atoms with Gasteiger partial charge < -0.3 is 9.52 Å². The Bertz CT molecular complexity index is 407. The molecule has 0 aliphatic heterocycles. The molecule has 0 radical (unpaired) electrons. The average molecular weight is 259 g/mol. The number of hydrogen-bond donors (Lipinski definition) is 2. The minimum atomic E-state index is -0.918. The predicted molar refractivity (Wildman–Crippen MR) is 61.8 cm³/mol. The summed E-state index contributed by atoms with van der Waals surface area (Å²) in [4.78, 5) is 22.1. The molecule has 0 bridgehead atoms. The summed E-state index contributed by atoms with van der Waals surface area (Å²) in [6.45, 7) is 3.36. The van der Waals surface area contributed by atoms with Gasteiger partial charge in [-0.05, 0) is 6.42 Å². The maximum atomic E-state index is 11.4. The van der Waals surface area contributed by atoms with Gasteiger partial charge in [0.2, 0.25) is 11.8 Å². The number of nitrogens with zero attached hydrogens (tertiary/aromatic N) is 2. The second-order valence-electron chi connectivity index (χ2n) is 3.22. The second kappa shape index (κ2) is 6.24. The Balaban J connectivity index is 2.37. The highest BCUT2D eigenvalue weighted by Gasteiger charge is 2.17. The first kappa shape index (κ1) is 13.5. The largest absolute Gasteiger partial charge is 0.480 e. The van der Waals surface area contributed by atoms with Crippen molar-refractivity contribution in [3.8, 4) is 0 Å². The molecule has 0 aromatic carbocycles. The van der Waals surface area contributed by atoms with Crippen molar-refractivity contribution in [1.29, 1.82) is 0 Å². The molecular formula is C9H13N3O4S. The molecule has 8 heteroatoms. The lowest BCUT2D eigenvalue weighted by atomic mass is 10.3. The molecule has 1 amide bonds. The van der Waals surface area contributed by atoms with Crippen LogP contribution in [0.3, 0.4) is 0 Å². The molecule has 0 aliphatic carbocycles. The van der Waals surface area contributed by atoms with E-state index in [1.807, 2.05) is 0 Å². The van der Waals surface area contributed by atoms with Gasteiger partial charge >= 0.3 is 12.0 Å². The maximum absolute atomic E-state index is 11.4. The third-order valence-electron chi connectivity index (χ3n) is 1.83. The lowest BCUT2D eigenvalue weighted by Crippen LogP contribution is -2.21. The molecule has 0 spiro atoms. The van der Waals surface area contributed by atoms with Gasteiger partial charge in [0.15, 0.2) is 0 Å². The summed E-state index contributed by atoms with van der Waals surface area (Å²) in [6, 6.07) is 0.0245. The third-order valence-corrected chi connectivity index (χ3v) is 3.20. The Kier molecular flexibility index (Phi) is 4.95. The van der Waals surface area contributed by atoms with Gasteiger partial charge in [0.05, 0.1) is 5.75 Å². The predicted octanol–water partition coefficient (Wildman–Crippen LogP) is 0.913. The van der Waals surface area contributed by atoms with Gasteiger partial charge in [0, 0.05) is 6.92 Å². The number of aromatic nitrogens is 2. The fourth-order valence-electron chi connectivity index (χ4n) is 1.04. The zero-order valence-corrected chi connectivity index (χ0v) is 10.3. The number of carboxylic acids is 1. The molecule has 1 rings (SSSR count). The van der Waals surface area contributed by atoms with Gasteiger partial charge in [-0.3, -0.25) is 14.9 Å². The van der Waals surface area contributed by atoms with E-state index in [1.165, 1.54) is 0 Å². The van der Waals surface area contributed by atoms with Crippen LogP contribution in [0.15, 0.2) is 4.42 Å². The van der Waals surface area contributed by atoms with Crippen LogP contribution in [0.2, 0.25) is 0 Å². The molecule has 1 atom stereocenters. The van der Waals surface area contributed by atoms with Crippen LogP contribution in [0.5, 0.6) is 0 Å². The number of aliphatic carboxylic acids is 1. The number of carboxylic acid groups (broad SMARTS) is 1. The van der Waals surface area contributed by atoms with Crippen LogP contribution in [0.1, 0.15) is 19.2 Å². The number of aryl methyl sites for hydroxylation is 1. The Morgan fingerprint density at radius 2 is 2.24 bits per heavy atom. The van der Waals surface area contributed by atoms with Crippen molar-refractivity contribution in [3.63, 3.8) is 0 Å². The van der Waals surface area contributed by atoms with Crippen molar-refractivity contribution in [2.75, 3.05) is 11.1 Å². The van der Waals surface area contributed by atoms with Crippen LogP contribution in [-0.2, 0) is 9.59 Å². The van der Waals surface area contributed by atoms with E-state index in [1.54, 1.807) is 13.8 Å². The second-order valence-corrected chi connectivity index (χ2v) is 4.41. The quantitative estimate of drug-likeness (QED) is 0.782. The zero-order chi connectivity index (χ0) is 12.8. The molecule has 0 aliphatic rings. The minimum absolute atomic E-state index is 0.0245. The van der Waals surface area contributed by atoms with Crippen LogP contribution in [0.4, 0.5) is 6.01 Å². The van der Waals surface area contributed by atoms with Gasteiger partial charge in [0.1, 0.15) is 5.25 Å². The molecule has 0 fully saturated rings. The maximum Gasteiger partial charge on any atom is 0.322 e. The average Bonchev–Trinajstić information content (AvgIpc) is 2.64. The standard InChI is InChI=1S/C9H13N3O4S/c1-3-6(8(14)15)17-4-7(13)10-9-12-11-5(2)16-9/h6H,3-4H2,1-2H3,(H,14,15)(H,10,12,13). The molecule has 1 unspecified atom stereocenters. The van der Waals surface area contributed by atoms with E-state index in [4.69, 9.17) is 9.52 Å². The Hall–Kier alpha value is -1.57. The van der Waals surface area contributed by atoms with E-state index in [2.05, 4.69) is 15.5 Å². The van der Waals surface area contributed by atoms with Crippen LogP contribution in [-0.4, -0.2) is 38.2 Å². The third kappa shape index (κ3) is 4.43. The highest BCUT2D eigenvalue weighted by molar-refractivity contribution is 8.01. The summed E-state index contributed by atoms with van der Waals surface area (Å²) in [5.74, 6) is -0.895. The van der Waals surface area contributed by atoms with Gasteiger partial charge in [-0.25, -0.2) is 0 Å². The van der Waals surface area contributed by atoms with Crippen LogP contribution in [0, 0.1) is 6.92 Å². The number of carbonyl (C=O) groups excluding carboxylic acids is 1. The smallest absolute Gasteiger partial charge is 0.322 e. The number of carbonyl (C=O) groups is 2. The molecule has 1 heterocycles. The lowest BCUT2D eigenvalue weighted by Gasteiger charge is -2.07. The first-order chi connectivity index (χ1) is 8.02. The van der Waals surface area contributed by atoms with E-state index in [0.717, 1.165) is 11.8 Å². The highest BCUT2D eigenvalue weighted by Crippen LogP contribution is 2.15. The fourth-order valence-corrected chi connectivity index (χ4v) is 1.85. The molecular weight excluding hydrogens is 246 g/mol. The Morgan fingerprint density at radius 3 is 2.71 bits per heavy atom. The number of thioether (sulfide) groups is 1. The number of amides is 1. The van der Waals surface area contributed by atoms with Crippen LogP contribution >= 0.6 is 11.8 Å². The Morgan fingerprint density at radius 1 is 1.53 bits per heavy atom. The normalized spacial score (nSPS) is 12.1. The fraction of sp³-hybridized carbons (Fsp3) is 0.556. The summed E-state index contributed by atoms with van der Waals surface area (Å²) in [5.41, 5.74) is 0. The summed E-state index contributed by atoms with van der Waals surface area (Å²) in [5, 5.41) is 17.7. The number of rotatable bonds is 6. The first-order valence-electron chi connectivity index (χ1n) is 4.97. The van der Waals surface area contributed by atoms with E-state index >= 15 is 0 Å². The van der Waals surface area contributed by atoms with Crippen LogP contribution in [0.25, 0.3) is 0 Å². The molecule has 17 heavy (non-hydrogen) atoms. The van der Waals surface area contributed by atoms with Crippen molar-refractivity contribution >= 4 is 29.7 Å². The summed E-state index contributed by atoms with van der Waals surface area (Å²) in [6.07, 6.45) is 0.465. The molecule has 0 saturated heterocycles. The summed E-state index contributed by atoms with van der Waals surface area (Å²) >= 11 is 1.06. The SMILES string of the molecule is CCC(SCC(=O)Nc1nnc(C)o1)C(=O)O. The van der Waals surface area contributed by atoms with Crippen molar-refractivity contribution in [3.05, 3.63) is 5.89 Å². The van der Waals surface area contributed by atoms with Crippen LogP contribution < -0.4 is 5.32 Å². The zero-order valence-electron chi connectivity index (χ0n) is 9.47. The van der Waals surface area contributed by atoms with Gasteiger partial charge in [0.25, 0.3) is 0 Å². The van der Waals surface area contributed by atoms with Crippen molar-refractivity contribution < 1.29 is 19.1 Å². The van der Waals surface area contributed by atoms with E-state index in [-0.39, 0.29) is 17.7 Å².